The molecular weight excluding hydrogens is 332 g/mol. The molecule has 0 fully saturated rings. The Hall–Kier alpha value is -3.72. The molecule has 3 heteroatoms. The first-order valence-corrected chi connectivity index (χ1v) is 8.75. The molecule has 2 aromatic carbocycles. The molecule has 0 saturated carbocycles. The lowest BCUT2D eigenvalue weighted by Crippen LogP contribution is -1.99. The van der Waals surface area contributed by atoms with Crippen LogP contribution in [0, 0.1) is 0 Å². The van der Waals surface area contributed by atoms with Gasteiger partial charge in [0, 0.05) is 17.3 Å². The van der Waals surface area contributed by atoms with Crippen molar-refractivity contribution in [2.45, 2.75) is 0 Å². The minimum absolute atomic E-state index is 0.832. The summed E-state index contributed by atoms with van der Waals surface area (Å²) in [6, 6.07) is 22.1. The molecule has 27 heavy (non-hydrogen) atoms. The predicted molar refractivity (Wildman–Crippen MR) is 109 cm³/mol. The molecule has 0 saturated heterocycles. The van der Waals surface area contributed by atoms with Crippen LogP contribution >= 0.6 is 0 Å². The molecular formula is C24H18N2O. The average molecular weight is 350 g/mol. The fourth-order valence-electron chi connectivity index (χ4n) is 2.76. The van der Waals surface area contributed by atoms with Crippen molar-refractivity contribution in [3.8, 4) is 0 Å². The Kier molecular flexibility index (Phi) is 5.02. The van der Waals surface area contributed by atoms with Gasteiger partial charge in [-0.15, -0.1) is 0 Å². The van der Waals surface area contributed by atoms with E-state index >= 15 is 0 Å². The monoisotopic (exact) mass is 350 g/mol. The summed E-state index contributed by atoms with van der Waals surface area (Å²) in [6.45, 7) is 0. The first-order chi connectivity index (χ1) is 13.4. The van der Waals surface area contributed by atoms with Crippen LogP contribution in [0.15, 0.2) is 109 Å². The Morgan fingerprint density at radius 3 is 1.93 bits per heavy atom. The maximum atomic E-state index is 6.19. The molecule has 2 heterocycles. The highest BCUT2D eigenvalue weighted by Crippen LogP contribution is 2.31. The van der Waals surface area contributed by atoms with E-state index < -0.39 is 0 Å². The van der Waals surface area contributed by atoms with Gasteiger partial charge >= 0.3 is 0 Å². The number of hydrogen-bond acceptors (Lipinski definition) is 3. The Labute approximate surface area is 158 Å². The number of aromatic nitrogens is 2. The second-order valence-corrected chi connectivity index (χ2v) is 6.01. The van der Waals surface area contributed by atoms with Crippen LogP contribution in [-0.2, 0) is 4.74 Å². The highest BCUT2D eigenvalue weighted by Gasteiger charge is 2.14. The summed E-state index contributed by atoms with van der Waals surface area (Å²) < 4.78 is 6.19. The van der Waals surface area contributed by atoms with E-state index in [2.05, 4.69) is 16.0 Å². The van der Waals surface area contributed by atoms with Gasteiger partial charge in [-0.1, -0.05) is 72.8 Å². The lowest BCUT2D eigenvalue weighted by atomic mass is 10.0. The summed E-state index contributed by atoms with van der Waals surface area (Å²) in [7, 11) is 0. The molecule has 0 spiro atoms. The number of rotatable bonds is 4. The van der Waals surface area contributed by atoms with Crippen molar-refractivity contribution in [1.82, 2.24) is 9.97 Å². The van der Waals surface area contributed by atoms with Crippen molar-refractivity contribution in [2.24, 2.45) is 0 Å². The molecule has 0 aliphatic carbocycles. The highest BCUT2D eigenvalue weighted by molar-refractivity contribution is 5.77. The Morgan fingerprint density at radius 1 is 0.741 bits per heavy atom. The lowest BCUT2D eigenvalue weighted by Gasteiger charge is -2.18. The Balaban J connectivity index is 1.68. The van der Waals surface area contributed by atoms with Crippen LogP contribution in [0.5, 0.6) is 0 Å². The number of benzene rings is 2. The molecule has 0 atom stereocenters. The quantitative estimate of drug-likeness (QED) is 0.621. The van der Waals surface area contributed by atoms with Crippen molar-refractivity contribution in [2.75, 3.05) is 0 Å². The van der Waals surface area contributed by atoms with Crippen molar-refractivity contribution < 1.29 is 4.74 Å². The molecule has 1 aliphatic rings. The maximum absolute atomic E-state index is 6.19. The van der Waals surface area contributed by atoms with Gasteiger partial charge in [0.2, 0.25) is 0 Å². The summed E-state index contributed by atoms with van der Waals surface area (Å²) in [6.07, 6.45) is 13.4. The third kappa shape index (κ3) is 4.28. The average Bonchev–Trinajstić information content (AvgIpc) is 2.76. The molecule has 0 N–H and O–H groups in total. The summed E-state index contributed by atoms with van der Waals surface area (Å²) >= 11 is 0. The van der Waals surface area contributed by atoms with E-state index in [1.807, 2.05) is 91.0 Å². The minimum atomic E-state index is 0.832. The Morgan fingerprint density at radius 2 is 1.37 bits per heavy atom. The normalized spacial score (nSPS) is 13.7. The lowest BCUT2D eigenvalue weighted by molar-refractivity contribution is 0.467. The van der Waals surface area contributed by atoms with Crippen molar-refractivity contribution in [1.29, 1.82) is 0 Å². The summed E-state index contributed by atoms with van der Waals surface area (Å²) in [5.74, 6) is 1.66. The van der Waals surface area contributed by atoms with Crippen LogP contribution < -0.4 is 0 Å². The molecule has 0 bridgehead atoms. The van der Waals surface area contributed by atoms with Gasteiger partial charge in [-0.25, -0.2) is 9.97 Å². The molecule has 3 nitrogen and oxygen atoms in total. The molecule has 1 aliphatic heterocycles. The van der Waals surface area contributed by atoms with Gasteiger partial charge in [-0.3, -0.25) is 0 Å². The van der Waals surface area contributed by atoms with E-state index in [1.165, 1.54) is 0 Å². The van der Waals surface area contributed by atoms with Crippen LogP contribution in [0.1, 0.15) is 16.8 Å². The van der Waals surface area contributed by atoms with E-state index in [-0.39, 0.29) is 0 Å². The van der Waals surface area contributed by atoms with E-state index in [0.717, 1.165) is 33.9 Å². The molecule has 0 unspecified atom stereocenters. The zero-order valence-electron chi connectivity index (χ0n) is 14.7. The SMILES string of the molecule is C(/C=C/c1ccncn1)=C1C=C(c2ccccc2)OC(c2ccccc2)=C1. The van der Waals surface area contributed by atoms with Crippen LogP contribution in [-0.4, -0.2) is 9.97 Å². The standard InChI is InChI=1S/C24H18N2O/c1-3-9-20(10-4-1)23-16-19(8-7-13-22-14-15-25-18-26-22)17-24(27-23)21-11-5-2-6-12-21/h1-18H/b13-7+. The minimum Gasteiger partial charge on any atom is -0.456 e. The predicted octanol–water partition coefficient (Wildman–Crippen LogP) is 5.53. The fourth-order valence-corrected chi connectivity index (χ4v) is 2.76. The summed E-state index contributed by atoms with van der Waals surface area (Å²) in [4.78, 5) is 8.14. The van der Waals surface area contributed by atoms with Crippen LogP contribution in [0.25, 0.3) is 17.6 Å². The van der Waals surface area contributed by atoms with Gasteiger partial charge in [0.1, 0.15) is 17.8 Å². The van der Waals surface area contributed by atoms with Gasteiger partial charge in [-0.05, 0) is 29.9 Å². The molecule has 3 aromatic rings. The maximum Gasteiger partial charge on any atom is 0.135 e. The smallest absolute Gasteiger partial charge is 0.135 e. The molecule has 1 aromatic heterocycles. The highest BCUT2D eigenvalue weighted by atomic mass is 16.5. The molecule has 0 amide bonds. The van der Waals surface area contributed by atoms with Gasteiger partial charge < -0.3 is 4.74 Å². The van der Waals surface area contributed by atoms with Gasteiger partial charge in [0.25, 0.3) is 0 Å². The first-order valence-electron chi connectivity index (χ1n) is 8.75. The van der Waals surface area contributed by atoms with Gasteiger partial charge in [0.05, 0.1) is 5.69 Å². The summed E-state index contributed by atoms with van der Waals surface area (Å²) in [5.41, 5.74) is 4.02. The van der Waals surface area contributed by atoms with Crippen LogP contribution in [0.3, 0.4) is 0 Å². The number of nitrogens with zero attached hydrogens (tertiary/aromatic N) is 2. The molecule has 4 rings (SSSR count). The molecule has 0 radical (unpaired) electrons. The van der Waals surface area contributed by atoms with Gasteiger partial charge in [-0.2, -0.15) is 0 Å². The van der Waals surface area contributed by atoms with E-state index in [9.17, 15) is 0 Å². The summed E-state index contributed by atoms with van der Waals surface area (Å²) in [5, 5.41) is 0. The third-order valence-corrected chi connectivity index (χ3v) is 4.09. The Bertz CT molecular complexity index is 960. The van der Waals surface area contributed by atoms with E-state index in [4.69, 9.17) is 4.74 Å². The zero-order valence-corrected chi connectivity index (χ0v) is 14.7. The second kappa shape index (κ2) is 8.11. The van der Waals surface area contributed by atoms with Crippen molar-refractivity contribution in [3.05, 3.63) is 126 Å². The fraction of sp³-hybridized carbons (Fsp3) is 0. The van der Waals surface area contributed by atoms with Gasteiger partial charge in [0.15, 0.2) is 0 Å². The van der Waals surface area contributed by atoms with Crippen LogP contribution in [0.4, 0.5) is 0 Å². The van der Waals surface area contributed by atoms with Crippen LogP contribution in [0.2, 0.25) is 0 Å². The third-order valence-electron chi connectivity index (χ3n) is 4.09. The number of hydrogen-bond donors (Lipinski definition) is 0. The largest absolute Gasteiger partial charge is 0.456 e. The van der Waals surface area contributed by atoms with E-state index in [1.54, 1.807) is 12.5 Å². The number of ether oxygens (including phenoxy) is 1. The van der Waals surface area contributed by atoms with Crippen molar-refractivity contribution in [3.63, 3.8) is 0 Å². The second-order valence-electron chi connectivity index (χ2n) is 6.01. The topological polar surface area (TPSA) is 35.0 Å². The first kappa shape index (κ1) is 16.7. The van der Waals surface area contributed by atoms with E-state index in [0.29, 0.717) is 0 Å². The molecule has 130 valence electrons. The number of allylic oxidation sites excluding steroid dienone is 5. The zero-order chi connectivity index (χ0) is 18.3. The van der Waals surface area contributed by atoms with Crippen molar-refractivity contribution >= 4 is 17.6 Å².